The number of hydrogen-bond donors (Lipinski definition) is 0. The minimum absolute atomic E-state index is 0.751. The van der Waals surface area contributed by atoms with Gasteiger partial charge in [0.25, 0.3) is 0 Å². The molecule has 6 saturated carbocycles. The minimum Gasteiger partial charge on any atom is -0.497 e. The van der Waals surface area contributed by atoms with E-state index in [4.69, 9.17) is 18.9 Å². The zero-order valence-electron chi connectivity index (χ0n) is 71.5. The Labute approximate surface area is 665 Å². The molecule has 0 spiro atoms. The fraction of sp³-hybridized carbons (Fsp3) is 0.654. The molecule has 0 radical (unpaired) electrons. The lowest BCUT2D eigenvalue weighted by atomic mass is 9.77. The Hall–Kier alpha value is -5.48. The van der Waals surface area contributed by atoms with E-state index in [0.717, 1.165) is 107 Å². The molecule has 0 aromatic heterocycles. The fourth-order valence-electron chi connectivity index (χ4n) is 19.2. The monoisotopic (exact) mass is 1470 g/mol. The lowest BCUT2D eigenvalue weighted by Crippen LogP contribution is -2.13. The number of rotatable bonds is 30. The molecular weight excluding hydrogens is 1310 g/mol. The van der Waals surface area contributed by atoms with Crippen LogP contribution in [0.4, 0.5) is 0 Å². The molecule has 600 valence electrons. The average molecular weight is 1470 g/mol. The molecule has 6 aliphatic rings. The number of unbranched alkanes of at least 4 members (excludes halogenated alkanes) is 6. The predicted molar refractivity (Wildman–Crippen MR) is 469 cm³/mol. The summed E-state index contributed by atoms with van der Waals surface area (Å²) < 4.78 is 21.5. The van der Waals surface area contributed by atoms with E-state index < -0.39 is 0 Å². The van der Waals surface area contributed by atoms with Crippen LogP contribution in [0.1, 0.15) is 406 Å². The van der Waals surface area contributed by atoms with Crippen LogP contribution in [0.5, 0.6) is 23.0 Å². The third kappa shape index (κ3) is 33.4. The lowest BCUT2D eigenvalue weighted by molar-refractivity contribution is 0.302. The Morgan fingerprint density at radius 2 is 0.491 bits per heavy atom. The second-order valence-electron chi connectivity index (χ2n) is 34.6. The number of hydrogen-bond acceptors (Lipinski definition) is 4. The predicted octanol–water partition coefficient (Wildman–Crippen LogP) is 32.2. The van der Waals surface area contributed by atoms with Crippen LogP contribution in [-0.2, 0) is 6.42 Å². The number of ether oxygens (including phenoxy) is 4. The molecule has 0 bridgehead atoms. The number of benzene rings is 6. The van der Waals surface area contributed by atoms with Crippen LogP contribution in [0, 0.1) is 42.4 Å². The zero-order chi connectivity index (χ0) is 76.8. The van der Waals surface area contributed by atoms with Crippen LogP contribution in [0.3, 0.4) is 0 Å². The zero-order valence-corrected chi connectivity index (χ0v) is 71.5. The van der Waals surface area contributed by atoms with E-state index in [1.807, 2.05) is 13.8 Å². The molecule has 6 fully saturated rings. The Morgan fingerprint density at radius 3 is 0.731 bits per heavy atom. The maximum atomic E-state index is 5.52. The quantitative estimate of drug-likeness (QED) is 0.0421. The van der Waals surface area contributed by atoms with Gasteiger partial charge in [-0.2, -0.15) is 0 Å². The van der Waals surface area contributed by atoms with Crippen molar-refractivity contribution in [2.24, 2.45) is 35.5 Å². The fourth-order valence-corrected chi connectivity index (χ4v) is 19.2. The third-order valence-corrected chi connectivity index (χ3v) is 26.3. The molecule has 0 aliphatic heterocycles. The highest BCUT2D eigenvalue weighted by Crippen LogP contribution is 2.44. The van der Waals surface area contributed by atoms with E-state index in [0.29, 0.717) is 0 Å². The molecule has 12 rings (SSSR count). The molecule has 108 heavy (non-hydrogen) atoms. The van der Waals surface area contributed by atoms with E-state index in [-0.39, 0.29) is 0 Å². The highest BCUT2D eigenvalue weighted by molar-refractivity contribution is 5.33. The summed E-state index contributed by atoms with van der Waals surface area (Å²) in [5.41, 5.74) is 12.1. The first kappa shape index (κ1) is 89.7. The maximum Gasteiger partial charge on any atom is 0.119 e. The van der Waals surface area contributed by atoms with Gasteiger partial charge in [-0.05, 0) is 327 Å². The molecule has 0 amide bonds. The Bertz CT molecular complexity index is 3020. The van der Waals surface area contributed by atoms with E-state index in [2.05, 4.69) is 201 Å². The van der Waals surface area contributed by atoms with Gasteiger partial charge in [0, 0.05) is 0 Å². The molecule has 6 aromatic rings. The van der Waals surface area contributed by atoms with Crippen molar-refractivity contribution in [2.75, 3.05) is 27.4 Å². The van der Waals surface area contributed by atoms with Crippen molar-refractivity contribution in [1.29, 1.82) is 0 Å². The van der Waals surface area contributed by atoms with Crippen LogP contribution >= 0.6 is 0 Å². The molecule has 4 nitrogen and oxygen atoms in total. The first-order chi connectivity index (χ1) is 52.9. The summed E-state index contributed by atoms with van der Waals surface area (Å²) in [6.45, 7) is 23.9. The molecule has 0 heterocycles. The first-order valence-electron chi connectivity index (χ1n) is 45.8. The van der Waals surface area contributed by atoms with Gasteiger partial charge in [0.2, 0.25) is 0 Å². The van der Waals surface area contributed by atoms with Gasteiger partial charge in [-0.25, -0.2) is 0 Å². The molecule has 6 aromatic carbocycles. The van der Waals surface area contributed by atoms with Crippen molar-refractivity contribution in [3.05, 3.63) is 190 Å². The summed E-state index contributed by atoms with van der Waals surface area (Å²) in [5.74, 6) is 14.7. The number of methoxy groups -OCH3 is 2. The topological polar surface area (TPSA) is 36.9 Å². The molecule has 0 atom stereocenters. The SMILES string of the molecule is CCCC1CCC(c2ccc(OC)cc2)CC1.CCCC1CCC(c2ccc(OCC)cc2)CC1.CCCCCC1CCC(c2ccc(CCC)cc2)CC1.CCCCCC1CCC(c2ccc(OC)cc2)CC1.CCCCCC1CCC(c2ccc(OCC)cc2)CC1.Cc1ccc(C2CCC(C)CC2)cc1. The molecule has 4 heteroatoms. The van der Waals surface area contributed by atoms with Gasteiger partial charge < -0.3 is 18.9 Å². The van der Waals surface area contributed by atoms with E-state index in [1.54, 1.807) is 25.3 Å². The van der Waals surface area contributed by atoms with Gasteiger partial charge >= 0.3 is 0 Å². The molecule has 0 unspecified atom stereocenters. The molecule has 6 aliphatic carbocycles. The van der Waals surface area contributed by atoms with Crippen LogP contribution in [0.25, 0.3) is 0 Å². The van der Waals surface area contributed by atoms with Gasteiger partial charge in [-0.15, -0.1) is 0 Å². The second-order valence-corrected chi connectivity index (χ2v) is 34.6. The van der Waals surface area contributed by atoms with Crippen LogP contribution < -0.4 is 18.9 Å². The Kier molecular flexibility index (Phi) is 44.4. The van der Waals surface area contributed by atoms with Gasteiger partial charge in [-0.3, -0.25) is 0 Å². The second kappa shape index (κ2) is 53.5. The molecular formula is C104H160O4. The lowest BCUT2D eigenvalue weighted by Gasteiger charge is -2.29. The first-order valence-corrected chi connectivity index (χ1v) is 45.8. The van der Waals surface area contributed by atoms with Crippen molar-refractivity contribution in [1.82, 2.24) is 0 Å². The highest BCUT2D eigenvalue weighted by atomic mass is 16.5. The smallest absolute Gasteiger partial charge is 0.119 e. The van der Waals surface area contributed by atoms with Crippen molar-refractivity contribution >= 4 is 0 Å². The molecule has 0 saturated heterocycles. The van der Waals surface area contributed by atoms with Crippen molar-refractivity contribution in [2.45, 2.75) is 374 Å². The van der Waals surface area contributed by atoms with Gasteiger partial charge in [0.05, 0.1) is 27.4 Å². The standard InChI is InChI=1S/C20H32.C19H30O.C18H28O.C17H26O.C16H24O.C14H20/c1-3-5-6-8-18-11-15-20(16-12-18)19-13-9-17(7-4-2)10-14-19;1-3-5-6-7-16-8-10-17(11-9-16)18-12-14-19(15-13-18)20-4-2;1-3-4-5-6-15-7-9-16(10-8-15)17-11-13-18(19-2)14-12-17;1-3-5-14-6-8-15(9-7-14)16-10-12-17(13-11-16)18-4-2;1-3-4-13-5-7-14(8-6-13)15-9-11-16(17-2)12-10-15;1-11-3-7-13(8-4-11)14-9-5-12(2)6-10-14/h9-10,13-14,18,20H,3-8,11-12,15-16H2,1-2H3;12-17H,3-11H2,1-2H3;11-16H,3-10H2,1-2H3;10-15H,3-9H2,1-2H3;9-14H,3-8H2,1-2H3;3-4,7-8,12,14H,5-6,9-10H2,1-2H3. The Balaban J connectivity index is 0.000000181. The average Bonchev–Trinajstić information content (AvgIpc) is 0.884. The minimum atomic E-state index is 0.751. The highest BCUT2D eigenvalue weighted by Gasteiger charge is 2.27. The third-order valence-electron chi connectivity index (χ3n) is 26.3. The summed E-state index contributed by atoms with van der Waals surface area (Å²) in [6, 6.07) is 53.5. The van der Waals surface area contributed by atoms with Gasteiger partial charge in [0.15, 0.2) is 0 Å². The summed E-state index contributed by atoms with van der Waals surface area (Å²) >= 11 is 0. The summed E-state index contributed by atoms with van der Waals surface area (Å²) in [6.07, 6.45) is 58.9. The van der Waals surface area contributed by atoms with Crippen molar-refractivity contribution < 1.29 is 18.9 Å². The van der Waals surface area contributed by atoms with E-state index in [9.17, 15) is 0 Å². The summed E-state index contributed by atoms with van der Waals surface area (Å²) in [7, 11) is 3.46. The van der Waals surface area contributed by atoms with Crippen molar-refractivity contribution in [3.63, 3.8) is 0 Å². The van der Waals surface area contributed by atoms with Crippen LogP contribution in [0.2, 0.25) is 0 Å². The van der Waals surface area contributed by atoms with Gasteiger partial charge in [0.1, 0.15) is 23.0 Å². The van der Waals surface area contributed by atoms with Crippen LogP contribution in [0.15, 0.2) is 146 Å². The normalized spacial score (nSPS) is 24.0. The van der Waals surface area contributed by atoms with Gasteiger partial charge in [-0.1, -0.05) is 273 Å². The van der Waals surface area contributed by atoms with Crippen molar-refractivity contribution in [3.8, 4) is 23.0 Å². The molecule has 0 N–H and O–H groups in total. The maximum absolute atomic E-state index is 5.52. The Morgan fingerprint density at radius 1 is 0.250 bits per heavy atom. The summed E-state index contributed by atoms with van der Waals surface area (Å²) in [5, 5.41) is 0. The largest absolute Gasteiger partial charge is 0.497 e. The number of aryl methyl sites for hydroxylation is 2. The van der Waals surface area contributed by atoms with E-state index in [1.165, 1.54) is 303 Å². The van der Waals surface area contributed by atoms with E-state index >= 15 is 0 Å². The summed E-state index contributed by atoms with van der Waals surface area (Å²) in [4.78, 5) is 0. The van der Waals surface area contributed by atoms with Crippen LogP contribution in [-0.4, -0.2) is 27.4 Å².